The number of pyridine rings is 1. The lowest BCUT2D eigenvalue weighted by atomic mass is 10.0. The van der Waals surface area contributed by atoms with Crippen molar-refractivity contribution >= 4 is 33.5 Å². The number of H-pyrrole nitrogens is 1. The number of para-hydroxylation sites is 1. The maximum Gasteiger partial charge on any atom is 0.192 e. The van der Waals surface area contributed by atoms with E-state index in [0.29, 0.717) is 0 Å². The van der Waals surface area contributed by atoms with Crippen LogP contribution in [-0.2, 0) is 12.8 Å². The van der Waals surface area contributed by atoms with Crippen molar-refractivity contribution in [2.45, 2.75) is 32.1 Å². The molecule has 1 aromatic heterocycles. The lowest BCUT2D eigenvalue weighted by Gasteiger charge is -2.09. The van der Waals surface area contributed by atoms with Crippen molar-refractivity contribution in [1.29, 1.82) is 0 Å². The predicted octanol–water partition coefficient (Wildman–Crippen LogP) is 3.40. The molecular weight excluding hydrogens is 325 g/mol. The number of aromatic amines is 1. The molecule has 0 saturated carbocycles. The fourth-order valence-electron chi connectivity index (χ4n) is 2.62. The Morgan fingerprint density at radius 2 is 1.94 bits per heavy atom. The van der Waals surface area contributed by atoms with Crippen molar-refractivity contribution in [3.05, 3.63) is 43.2 Å². The lowest BCUT2D eigenvalue weighted by molar-refractivity contribution is 0.708. The number of fused-ring (bicyclic) bond motifs is 2. The zero-order chi connectivity index (χ0) is 11.8. The zero-order valence-corrected chi connectivity index (χ0v) is 11.7. The van der Waals surface area contributed by atoms with Gasteiger partial charge in [0.05, 0.1) is 5.52 Å². The van der Waals surface area contributed by atoms with Crippen LogP contribution in [0.3, 0.4) is 0 Å². The number of benzene rings is 1. The second-order valence-corrected chi connectivity index (χ2v) is 5.80. The summed E-state index contributed by atoms with van der Waals surface area (Å²) in [5.74, 6) is 0. The molecule has 3 rings (SSSR count). The van der Waals surface area contributed by atoms with Crippen LogP contribution >= 0.6 is 22.6 Å². The molecule has 1 aliphatic rings. The normalized spacial score (nSPS) is 15.6. The molecule has 1 aliphatic carbocycles. The predicted molar refractivity (Wildman–Crippen MR) is 78.5 cm³/mol. The van der Waals surface area contributed by atoms with Gasteiger partial charge in [0, 0.05) is 20.2 Å². The third kappa shape index (κ3) is 1.90. The highest BCUT2D eigenvalue weighted by molar-refractivity contribution is 14.1. The fourth-order valence-corrected chi connectivity index (χ4v) is 3.26. The van der Waals surface area contributed by atoms with Crippen molar-refractivity contribution in [3.8, 4) is 0 Å². The van der Waals surface area contributed by atoms with E-state index in [2.05, 4.69) is 27.6 Å². The van der Waals surface area contributed by atoms with E-state index in [1.807, 2.05) is 18.2 Å². The van der Waals surface area contributed by atoms with E-state index in [4.69, 9.17) is 0 Å². The molecule has 0 unspecified atom stereocenters. The van der Waals surface area contributed by atoms with Crippen LogP contribution in [0.15, 0.2) is 23.0 Å². The Labute approximate surface area is 114 Å². The highest BCUT2D eigenvalue weighted by atomic mass is 127. The molecule has 0 fully saturated rings. The third-order valence-electron chi connectivity index (χ3n) is 3.53. The molecule has 3 heteroatoms. The van der Waals surface area contributed by atoms with Crippen LogP contribution in [-0.4, -0.2) is 4.98 Å². The Kier molecular flexibility index (Phi) is 2.94. The van der Waals surface area contributed by atoms with Crippen molar-refractivity contribution in [2.75, 3.05) is 0 Å². The van der Waals surface area contributed by atoms with Crippen molar-refractivity contribution in [1.82, 2.24) is 4.98 Å². The molecule has 88 valence electrons. The number of halogens is 1. The average molecular weight is 339 g/mol. The van der Waals surface area contributed by atoms with Gasteiger partial charge in [0.2, 0.25) is 0 Å². The Morgan fingerprint density at radius 1 is 1.12 bits per heavy atom. The molecule has 2 aromatic rings. The summed E-state index contributed by atoms with van der Waals surface area (Å²) >= 11 is 2.29. The van der Waals surface area contributed by atoms with Gasteiger partial charge in [0.1, 0.15) is 0 Å². The minimum absolute atomic E-state index is 0.245. The number of aryl methyl sites for hydroxylation is 1. The van der Waals surface area contributed by atoms with E-state index in [9.17, 15) is 4.79 Å². The number of nitrogens with one attached hydrogen (secondary N) is 1. The smallest absolute Gasteiger partial charge is 0.192 e. The molecule has 1 N–H and O–H groups in total. The van der Waals surface area contributed by atoms with Gasteiger partial charge in [-0.3, -0.25) is 4.79 Å². The minimum atomic E-state index is 0.245. The number of rotatable bonds is 0. The summed E-state index contributed by atoms with van der Waals surface area (Å²) < 4.78 is 1.13. The van der Waals surface area contributed by atoms with Crippen molar-refractivity contribution in [2.24, 2.45) is 0 Å². The fraction of sp³-hybridized carbons (Fsp3) is 0.357. The standard InChI is InChI=1S/C14H14INO/c15-11-7-4-6-10-13(11)16-12-8-3-1-2-5-9(12)14(10)17/h4,6-7H,1-3,5,8H2,(H,16,17). The van der Waals surface area contributed by atoms with Gasteiger partial charge in [-0.25, -0.2) is 0 Å². The third-order valence-corrected chi connectivity index (χ3v) is 4.43. The monoisotopic (exact) mass is 339 g/mol. The topological polar surface area (TPSA) is 32.9 Å². The SMILES string of the molecule is O=c1c2c([nH]c3c(I)cccc13)CCCCC2. The number of aromatic nitrogens is 1. The highest BCUT2D eigenvalue weighted by Gasteiger charge is 2.15. The molecule has 0 saturated heterocycles. The quantitative estimate of drug-likeness (QED) is 0.579. The Hall–Kier alpha value is -0.840. The van der Waals surface area contributed by atoms with Crippen LogP contribution < -0.4 is 5.43 Å². The van der Waals surface area contributed by atoms with Crippen LogP contribution in [0.4, 0.5) is 0 Å². The van der Waals surface area contributed by atoms with Crippen LogP contribution in [0, 0.1) is 3.57 Å². The molecule has 2 nitrogen and oxygen atoms in total. The first-order valence-corrected chi connectivity index (χ1v) is 7.17. The van der Waals surface area contributed by atoms with Gasteiger partial charge in [-0.1, -0.05) is 12.5 Å². The van der Waals surface area contributed by atoms with E-state index >= 15 is 0 Å². The summed E-state index contributed by atoms with van der Waals surface area (Å²) in [6.45, 7) is 0. The van der Waals surface area contributed by atoms with Gasteiger partial charge >= 0.3 is 0 Å². The average Bonchev–Trinajstić information content (AvgIpc) is 2.56. The van der Waals surface area contributed by atoms with Crippen LogP contribution in [0.2, 0.25) is 0 Å². The Bertz CT molecular complexity index is 630. The van der Waals surface area contributed by atoms with Crippen molar-refractivity contribution in [3.63, 3.8) is 0 Å². The van der Waals surface area contributed by atoms with Gasteiger partial charge in [0.15, 0.2) is 5.43 Å². The Balaban J connectivity index is 2.37. The summed E-state index contributed by atoms with van der Waals surface area (Å²) in [6.07, 6.45) is 5.52. The van der Waals surface area contributed by atoms with Gasteiger partial charge in [0.25, 0.3) is 0 Å². The van der Waals surface area contributed by atoms with Crippen LogP contribution in [0.5, 0.6) is 0 Å². The van der Waals surface area contributed by atoms with E-state index in [1.165, 1.54) is 18.5 Å². The summed E-state index contributed by atoms with van der Waals surface area (Å²) in [7, 11) is 0. The first-order valence-electron chi connectivity index (χ1n) is 6.09. The largest absolute Gasteiger partial charge is 0.357 e. The molecule has 17 heavy (non-hydrogen) atoms. The second kappa shape index (κ2) is 4.44. The molecule has 0 aliphatic heterocycles. The molecule has 0 spiro atoms. The molecule has 0 atom stereocenters. The van der Waals surface area contributed by atoms with Gasteiger partial charge in [-0.2, -0.15) is 0 Å². The summed E-state index contributed by atoms with van der Waals surface area (Å²) in [5.41, 5.74) is 3.45. The molecule has 1 aromatic carbocycles. The molecule has 0 radical (unpaired) electrons. The lowest BCUT2D eigenvalue weighted by Crippen LogP contribution is -2.14. The summed E-state index contributed by atoms with van der Waals surface area (Å²) in [4.78, 5) is 15.9. The van der Waals surface area contributed by atoms with Gasteiger partial charge in [-0.15, -0.1) is 0 Å². The minimum Gasteiger partial charge on any atom is -0.357 e. The van der Waals surface area contributed by atoms with Gasteiger partial charge < -0.3 is 4.98 Å². The van der Waals surface area contributed by atoms with Crippen molar-refractivity contribution < 1.29 is 0 Å². The first kappa shape index (κ1) is 11.3. The van der Waals surface area contributed by atoms with E-state index in [0.717, 1.165) is 39.3 Å². The maximum absolute atomic E-state index is 12.5. The van der Waals surface area contributed by atoms with E-state index < -0.39 is 0 Å². The van der Waals surface area contributed by atoms with Crippen LogP contribution in [0.1, 0.15) is 30.5 Å². The molecule has 0 bridgehead atoms. The molecule has 1 heterocycles. The zero-order valence-electron chi connectivity index (χ0n) is 9.55. The highest BCUT2D eigenvalue weighted by Crippen LogP contribution is 2.22. The number of hydrogen-bond acceptors (Lipinski definition) is 1. The van der Waals surface area contributed by atoms with Crippen LogP contribution in [0.25, 0.3) is 10.9 Å². The summed E-state index contributed by atoms with van der Waals surface area (Å²) in [5, 5.41) is 0.845. The summed E-state index contributed by atoms with van der Waals surface area (Å²) in [6, 6.07) is 5.94. The molecular formula is C14H14INO. The maximum atomic E-state index is 12.5. The first-order chi connectivity index (χ1) is 8.27. The Morgan fingerprint density at radius 3 is 2.82 bits per heavy atom. The second-order valence-electron chi connectivity index (χ2n) is 4.63. The number of hydrogen-bond donors (Lipinski definition) is 1. The van der Waals surface area contributed by atoms with Gasteiger partial charge in [-0.05, 0) is 60.4 Å². The van der Waals surface area contributed by atoms with E-state index in [-0.39, 0.29) is 5.43 Å². The molecule has 0 amide bonds. The van der Waals surface area contributed by atoms with E-state index in [1.54, 1.807) is 0 Å².